The molecule has 2 aromatic rings. The fraction of sp³-hybridized carbons (Fsp3) is 0.250. The lowest BCUT2D eigenvalue weighted by Crippen LogP contribution is -2.12. The summed E-state index contributed by atoms with van der Waals surface area (Å²) in [5, 5.41) is 0. The highest BCUT2D eigenvalue weighted by atomic mass is 16.5. The number of ether oxygens (including phenoxy) is 1. The number of imidazole rings is 1. The van der Waals surface area contributed by atoms with Gasteiger partial charge in [0.2, 0.25) is 0 Å². The zero-order valence-corrected chi connectivity index (χ0v) is 7.54. The van der Waals surface area contributed by atoms with E-state index in [4.69, 9.17) is 4.74 Å². The standard InChI is InChI=1S/C8H8N4O2/c1-2-14-8(13)12-5-11-6-3-9-4-10-7(6)12/h3-5H,2H2,1H3. The number of nitrogens with zero attached hydrogens (tertiary/aromatic N) is 4. The van der Waals surface area contributed by atoms with E-state index in [-0.39, 0.29) is 0 Å². The molecule has 2 aromatic heterocycles. The number of fused-ring (bicyclic) bond motifs is 1. The maximum Gasteiger partial charge on any atom is 0.420 e. The van der Waals surface area contributed by atoms with Crippen molar-refractivity contribution in [3.05, 3.63) is 18.9 Å². The van der Waals surface area contributed by atoms with Gasteiger partial charge in [0.25, 0.3) is 0 Å². The van der Waals surface area contributed by atoms with Crippen molar-refractivity contribution in [2.75, 3.05) is 6.61 Å². The Morgan fingerprint density at radius 1 is 1.57 bits per heavy atom. The molecule has 0 aromatic carbocycles. The van der Waals surface area contributed by atoms with Gasteiger partial charge in [0.05, 0.1) is 12.8 Å². The van der Waals surface area contributed by atoms with Crippen LogP contribution >= 0.6 is 0 Å². The molecule has 0 aliphatic rings. The summed E-state index contributed by atoms with van der Waals surface area (Å²) in [6.45, 7) is 2.07. The van der Waals surface area contributed by atoms with Gasteiger partial charge in [-0.1, -0.05) is 0 Å². The van der Waals surface area contributed by atoms with E-state index in [2.05, 4.69) is 15.0 Å². The van der Waals surface area contributed by atoms with E-state index in [1.165, 1.54) is 23.4 Å². The molecule has 72 valence electrons. The smallest absolute Gasteiger partial charge is 0.420 e. The van der Waals surface area contributed by atoms with Crippen LogP contribution in [0.4, 0.5) is 4.79 Å². The van der Waals surface area contributed by atoms with E-state index >= 15 is 0 Å². The molecule has 0 atom stereocenters. The van der Waals surface area contributed by atoms with Gasteiger partial charge in [-0.15, -0.1) is 0 Å². The molecule has 0 bridgehead atoms. The predicted molar refractivity (Wildman–Crippen MR) is 47.7 cm³/mol. The molecular formula is C8H8N4O2. The van der Waals surface area contributed by atoms with Crippen molar-refractivity contribution in [3.63, 3.8) is 0 Å². The SMILES string of the molecule is CCOC(=O)n1cnc2cncnc21. The summed E-state index contributed by atoms with van der Waals surface area (Å²) < 4.78 is 6.07. The van der Waals surface area contributed by atoms with Crippen molar-refractivity contribution in [2.45, 2.75) is 6.92 Å². The summed E-state index contributed by atoms with van der Waals surface area (Å²) in [4.78, 5) is 23.0. The van der Waals surface area contributed by atoms with Gasteiger partial charge < -0.3 is 4.74 Å². The minimum atomic E-state index is -0.478. The fourth-order valence-electron chi connectivity index (χ4n) is 1.09. The average Bonchev–Trinajstić information content (AvgIpc) is 2.61. The second kappa shape index (κ2) is 3.41. The molecule has 0 saturated carbocycles. The average molecular weight is 192 g/mol. The van der Waals surface area contributed by atoms with Crippen LogP contribution in [0.3, 0.4) is 0 Å². The summed E-state index contributed by atoms with van der Waals surface area (Å²) in [7, 11) is 0. The van der Waals surface area contributed by atoms with Crippen molar-refractivity contribution in [1.29, 1.82) is 0 Å². The predicted octanol–water partition coefficient (Wildman–Crippen LogP) is 0.831. The van der Waals surface area contributed by atoms with Crippen LogP contribution in [-0.2, 0) is 4.74 Å². The lowest BCUT2D eigenvalue weighted by molar-refractivity contribution is 0.155. The number of hydrogen-bond acceptors (Lipinski definition) is 5. The molecule has 14 heavy (non-hydrogen) atoms. The molecule has 0 amide bonds. The Hall–Kier alpha value is -1.98. The Morgan fingerprint density at radius 2 is 2.43 bits per heavy atom. The highest BCUT2D eigenvalue weighted by Gasteiger charge is 2.10. The Labute approximate surface area is 79.6 Å². The van der Waals surface area contributed by atoms with Gasteiger partial charge in [-0.2, -0.15) is 0 Å². The Bertz CT molecular complexity index is 465. The highest BCUT2D eigenvalue weighted by molar-refractivity contribution is 5.83. The first-order valence-electron chi connectivity index (χ1n) is 4.13. The van der Waals surface area contributed by atoms with Gasteiger partial charge >= 0.3 is 6.09 Å². The first-order chi connectivity index (χ1) is 6.83. The van der Waals surface area contributed by atoms with Crippen LogP contribution in [0.25, 0.3) is 11.2 Å². The normalized spacial score (nSPS) is 10.4. The van der Waals surface area contributed by atoms with E-state index in [0.717, 1.165) is 0 Å². The van der Waals surface area contributed by atoms with Gasteiger partial charge in [0.15, 0.2) is 5.65 Å². The minimum absolute atomic E-state index is 0.323. The van der Waals surface area contributed by atoms with Crippen LogP contribution in [0.1, 0.15) is 6.92 Å². The second-order valence-electron chi connectivity index (χ2n) is 2.55. The van der Waals surface area contributed by atoms with Crippen molar-refractivity contribution in [1.82, 2.24) is 19.5 Å². The minimum Gasteiger partial charge on any atom is -0.449 e. The van der Waals surface area contributed by atoms with E-state index in [1.54, 1.807) is 6.92 Å². The first kappa shape index (κ1) is 8.61. The van der Waals surface area contributed by atoms with E-state index in [9.17, 15) is 4.79 Å². The van der Waals surface area contributed by atoms with Gasteiger partial charge in [-0.25, -0.2) is 24.3 Å². The van der Waals surface area contributed by atoms with Crippen molar-refractivity contribution in [3.8, 4) is 0 Å². The molecule has 2 heterocycles. The largest absolute Gasteiger partial charge is 0.449 e. The van der Waals surface area contributed by atoms with Gasteiger partial charge in [0.1, 0.15) is 18.2 Å². The van der Waals surface area contributed by atoms with E-state index < -0.39 is 6.09 Å². The van der Waals surface area contributed by atoms with E-state index in [0.29, 0.717) is 17.8 Å². The fourth-order valence-corrected chi connectivity index (χ4v) is 1.09. The molecule has 0 aliphatic carbocycles. The molecule has 2 rings (SSSR count). The maximum atomic E-state index is 11.4. The maximum absolute atomic E-state index is 11.4. The first-order valence-corrected chi connectivity index (χ1v) is 4.13. The van der Waals surface area contributed by atoms with Crippen LogP contribution in [0.5, 0.6) is 0 Å². The van der Waals surface area contributed by atoms with Gasteiger partial charge in [-0.3, -0.25) is 0 Å². The zero-order chi connectivity index (χ0) is 9.97. The van der Waals surface area contributed by atoms with Crippen molar-refractivity contribution >= 4 is 17.3 Å². The third-order valence-electron chi connectivity index (χ3n) is 1.68. The molecule has 6 heteroatoms. The van der Waals surface area contributed by atoms with Crippen LogP contribution in [0, 0.1) is 0 Å². The number of carbonyl (C=O) groups is 1. The van der Waals surface area contributed by atoms with Crippen LogP contribution < -0.4 is 0 Å². The topological polar surface area (TPSA) is 69.9 Å². The van der Waals surface area contributed by atoms with Gasteiger partial charge in [0, 0.05) is 0 Å². The zero-order valence-electron chi connectivity index (χ0n) is 7.54. The van der Waals surface area contributed by atoms with Crippen LogP contribution in [0.15, 0.2) is 18.9 Å². The molecule has 0 N–H and O–H groups in total. The van der Waals surface area contributed by atoms with Crippen LogP contribution in [0.2, 0.25) is 0 Å². The van der Waals surface area contributed by atoms with E-state index in [1.807, 2.05) is 0 Å². The summed E-state index contributed by atoms with van der Waals surface area (Å²) in [5.74, 6) is 0. The van der Waals surface area contributed by atoms with Gasteiger partial charge in [-0.05, 0) is 6.92 Å². The number of carbonyl (C=O) groups excluding carboxylic acids is 1. The molecule has 0 saturated heterocycles. The second-order valence-corrected chi connectivity index (χ2v) is 2.55. The Morgan fingerprint density at radius 3 is 3.21 bits per heavy atom. The Balaban J connectivity index is 2.47. The number of hydrogen-bond donors (Lipinski definition) is 0. The summed E-state index contributed by atoms with van der Waals surface area (Å²) in [5.41, 5.74) is 1.03. The summed E-state index contributed by atoms with van der Waals surface area (Å²) >= 11 is 0. The number of rotatable bonds is 1. The molecule has 6 nitrogen and oxygen atoms in total. The summed E-state index contributed by atoms with van der Waals surface area (Å²) in [6.07, 6.45) is 3.79. The van der Waals surface area contributed by atoms with Crippen molar-refractivity contribution < 1.29 is 9.53 Å². The lowest BCUT2D eigenvalue weighted by Gasteiger charge is -2.00. The molecule has 0 radical (unpaired) electrons. The molecule has 0 fully saturated rings. The van der Waals surface area contributed by atoms with Crippen LogP contribution in [-0.4, -0.2) is 32.2 Å². The molecule has 0 unspecified atom stereocenters. The monoisotopic (exact) mass is 192 g/mol. The third kappa shape index (κ3) is 1.30. The highest BCUT2D eigenvalue weighted by Crippen LogP contribution is 2.07. The van der Waals surface area contributed by atoms with Crippen molar-refractivity contribution in [2.24, 2.45) is 0 Å². The molecular weight excluding hydrogens is 184 g/mol. The molecule has 0 aliphatic heterocycles. The Kier molecular flexibility index (Phi) is 2.10. The lowest BCUT2D eigenvalue weighted by atomic mass is 10.6. The molecule has 0 spiro atoms. The quantitative estimate of drug-likeness (QED) is 0.669. The number of aromatic nitrogens is 4. The summed E-state index contributed by atoms with van der Waals surface area (Å²) in [6, 6.07) is 0. The third-order valence-corrected chi connectivity index (χ3v) is 1.68.